The lowest BCUT2D eigenvalue weighted by molar-refractivity contribution is -0.123. The van der Waals surface area contributed by atoms with E-state index in [1.54, 1.807) is 0 Å². The summed E-state index contributed by atoms with van der Waals surface area (Å²) in [6.07, 6.45) is 3.52. The van der Waals surface area contributed by atoms with Crippen molar-refractivity contribution in [2.45, 2.75) is 39.5 Å². The molecule has 0 saturated heterocycles. The zero-order valence-corrected chi connectivity index (χ0v) is 8.06. The van der Waals surface area contributed by atoms with Crippen molar-refractivity contribution < 1.29 is 9.53 Å². The van der Waals surface area contributed by atoms with Gasteiger partial charge in [-0.05, 0) is 25.2 Å². The maximum absolute atomic E-state index is 11.0. The Kier molecular flexibility index (Phi) is 3.27. The average Bonchev–Trinajstić information content (AvgIpc) is 2.08. The summed E-state index contributed by atoms with van der Waals surface area (Å²) < 4.78 is 5.40. The van der Waals surface area contributed by atoms with Gasteiger partial charge < -0.3 is 4.74 Å². The molecule has 0 heterocycles. The number of ketones is 1. The largest absolute Gasteiger partial charge is 0.381 e. The molecule has 0 amide bonds. The van der Waals surface area contributed by atoms with Crippen molar-refractivity contribution in [3.63, 3.8) is 0 Å². The van der Waals surface area contributed by atoms with Gasteiger partial charge in [0.25, 0.3) is 0 Å². The smallest absolute Gasteiger partial charge is 0.132 e. The van der Waals surface area contributed by atoms with Crippen LogP contribution in [0, 0.1) is 5.41 Å². The summed E-state index contributed by atoms with van der Waals surface area (Å²) in [5, 5.41) is 0. The lowest BCUT2D eigenvalue weighted by Crippen LogP contribution is -2.29. The number of carbonyl (C=O) groups excluding carboxylic acids is 1. The molecule has 0 aromatic heterocycles. The quantitative estimate of drug-likeness (QED) is 0.649. The van der Waals surface area contributed by atoms with Gasteiger partial charge in [0.15, 0.2) is 0 Å². The maximum atomic E-state index is 11.0. The van der Waals surface area contributed by atoms with E-state index in [2.05, 4.69) is 6.92 Å². The van der Waals surface area contributed by atoms with Gasteiger partial charge in [-0.25, -0.2) is 0 Å². The van der Waals surface area contributed by atoms with Crippen molar-refractivity contribution >= 4 is 5.78 Å². The first-order valence-corrected chi connectivity index (χ1v) is 4.76. The van der Waals surface area contributed by atoms with Gasteiger partial charge in [0.1, 0.15) is 5.78 Å². The molecule has 0 aliphatic heterocycles. The van der Waals surface area contributed by atoms with Crippen LogP contribution in [0.1, 0.15) is 39.5 Å². The van der Waals surface area contributed by atoms with Crippen LogP contribution >= 0.6 is 0 Å². The minimum atomic E-state index is 0.268. The van der Waals surface area contributed by atoms with Crippen LogP contribution in [0.3, 0.4) is 0 Å². The van der Waals surface area contributed by atoms with Crippen molar-refractivity contribution in [1.29, 1.82) is 0 Å². The van der Waals surface area contributed by atoms with Crippen LogP contribution in [0.2, 0.25) is 0 Å². The van der Waals surface area contributed by atoms with E-state index in [4.69, 9.17) is 4.74 Å². The minimum Gasteiger partial charge on any atom is -0.381 e. The SMILES string of the molecule is CCOCC1(C)CCC(=O)CC1. The van der Waals surface area contributed by atoms with Crippen molar-refractivity contribution in [2.75, 3.05) is 13.2 Å². The Labute approximate surface area is 74.3 Å². The van der Waals surface area contributed by atoms with Gasteiger partial charge in [-0.3, -0.25) is 4.79 Å². The lowest BCUT2D eigenvalue weighted by atomic mass is 9.76. The molecule has 2 nitrogen and oxygen atoms in total. The molecule has 0 aromatic carbocycles. The summed E-state index contributed by atoms with van der Waals surface area (Å²) in [6.45, 7) is 5.83. The zero-order valence-electron chi connectivity index (χ0n) is 8.06. The topological polar surface area (TPSA) is 26.3 Å². The van der Waals surface area contributed by atoms with Crippen LogP contribution in [0.25, 0.3) is 0 Å². The summed E-state index contributed by atoms with van der Waals surface area (Å²) in [6, 6.07) is 0. The second-order valence-electron chi connectivity index (χ2n) is 3.99. The zero-order chi connectivity index (χ0) is 9.03. The Morgan fingerprint density at radius 2 is 2.00 bits per heavy atom. The molecule has 2 heteroatoms. The molecule has 1 aliphatic rings. The second kappa shape index (κ2) is 4.04. The van der Waals surface area contributed by atoms with Gasteiger partial charge in [-0.1, -0.05) is 6.92 Å². The van der Waals surface area contributed by atoms with Crippen LogP contribution in [0.4, 0.5) is 0 Å². The summed E-state index contributed by atoms with van der Waals surface area (Å²) in [4.78, 5) is 11.0. The summed E-state index contributed by atoms with van der Waals surface area (Å²) >= 11 is 0. The second-order valence-corrected chi connectivity index (χ2v) is 3.99. The highest BCUT2D eigenvalue weighted by atomic mass is 16.5. The van der Waals surface area contributed by atoms with Crippen LogP contribution in [0.5, 0.6) is 0 Å². The normalized spacial score (nSPS) is 22.7. The standard InChI is InChI=1S/C10H18O2/c1-3-12-8-10(2)6-4-9(11)5-7-10/h3-8H2,1-2H3. The monoisotopic (exact) mass is 170 g/mol. The van der Waals surface area contributed by atoms with E-state index in [1.165, 1.54) is 0 Å². The fourth-order valence-corrected chi connectivity index (χ4v) is 1.63. The number of rotatable bonds is 3. The molecule has 1 saturated carbocycles. The van der Waals surface area contributed by atoms with Crippen LogP contribution in [-0.2, 0) is 9.53 Å². The third-order valence-corrected chi connectivity index (χ3v) is 2.67. The van der Waals surface area contributed by atoms with E-state index >= 15 is 0 Å². The van der Waals surface area contributed by atoms with Crippen molar-refractivity contribution in [3.8, 4) is 0 Å². The van der Waals surface area contributed by atoms with E-state index in [0.717, 1.165) is 38.9 Å². The van der Waals surface area contributed by atoms with Crippen molar-refractivity contribution in [1.82, 2.24) is 0 Å². The average molecular weight is 170 g/mol. The number of hydrogen-bond donors (Lipinski definition) is 0. The van der Waals surface area contributed by atoms with E-state index in [0.29, 0.717) is 5.78 Å². The molecule has 0 radical (unpaired) electrons. The molecule has 12 heavy (non-hydrogen) atoms. The molecule has 70 valence electrons. The Morgan fingerprint density at radius 1 is 1.42 bits per heavy atom. The van der Waals surface area contributed by atoms with E-state index in [-0.39, 0.29) is 5.41 Å². The lowest BCUT2D eigenvalue weighted by Gasteiger charge is -2.32. The summed E-state index contributed by atoms with van der Waals surface area (Å²) in [5.41, 5.74) is 0.268. The molecule has 1 fully saturated rings. The van der Waals surface area contributed by atoms with Gasteiger partial charge in [-0.15, -0.1) is 0 Å². The molecule has 0 aromatic rings. The Hall–Kier alpha value is -0.370. The summed E-state index contributed by atoms with van der Waals surface area (Å²) in [7, 11) is 0. The molecular weight excluding hydrogens is 152 g/mol. The molecule has 1 rings (SSSR count). The number of carbonyl (C=O) groups is 1. The maximum Gasteiger partial charge on any atom is 0.132 e. The number of hydrogen-bond acceptors (Lipinski definition) is 2. The molecule has 1 aliphatic carbocycles. The highest BCUT2D eigenvalue weighted by molar-refractivity contribution is 5.79. The highest BCUT2D eigenvalue weighted by Crippen LogP contribution is 2.34. The molecule has 0 spiro atoms. The third kappa shape index (κ3) is 2.59. The predicted octanol–water partition coefficient (Wildman–Crippen LogP) is 2.17. The predicted molar refractivity (Wildman–Crippen MR) is 48.1 cm³/mol. The van der Waals surface area contributed by atoms with Gasteiger partial charge in [-0.2, -0.15) is 0 Å². The van der Waals surface area contributed by atoms with Crippen LogP contribution in [-0.4, -0.2) is 19.0 Å². The van der Waals surface area contributed by atoms with Gasteiger partial charge in [0.2, 0.25) is 0 Å². The number of Topliss-reactive ketones (excluding diaryl/α,β-unsaturated/α-hetero) is 1. The minimum absolute atomic E-state index is 0.268. The summed E-state index contributed by atoms with van der Waals surface area (Å²) in [5.74, 6) is 0.420. The number of ether oxygens (including phenoxy) is 1. The van der Waals surface area contributed by atoms with Crippen LogP contribution < -0.4 is 0 Å². The third-order valence-electron chi connectivity index (χ3n) is 2.67. The van der Waals surface area contributed by atoms with Crippen molar-refractivity contribution in [2.24, 2.45) is 5.41 Å². The molecule has 0 bridgehead atoms. The molecule has 0 unspecified atom stereocenters. The fraction of sp³-hybridized carbons (Fsp3) is 0.900. The molecular formula is C10H18O2. The molecule has 0 atom stereocenters. The Morgan fingerprint density at radius 3 is 2.50 bits per heavy atom. The first-order chi connectivity index (χ1) is 5.66. The van der Waals surface area contributed by atoms with Gasteiger partial charge in [0, 0.05) is 19.4 Å². The van der Waals surface area contributed by atoms with E-state index in [9.17, 15) is 4.79 Å². The van der Waals surface area contributed by atoms with E-state index < -0.39 is 0 Å². The van der Waals surface area contributed by atoms with Crippen LogP contribution in [0.15, 0.2) is 0 Å². The fourth-order valence-electron chi connectivity index (χ4n) is 1.63. The Balaban J connectivity index is 2.34. The molecule has 0 N–H and O–H groups in total. The first-order valence-electron chi connectivity index (χ1n) is 4.76. The van der Waals surface area contributed by atoms with E-state index in [1.807, 2.05) is 6.92 Å². The Bertz CT molecular complexity index is 153. The highest BCUT2D eigenvalue weighted by Gasteiger charge is 2.29. The van der Waals surface area contributed by atoms with Crippen molar-refractivity contribution in [3.05, 3.63) is 0 Å². The first kappa shape index (κ1) is 9.72. The van der Waals surface area contributed by atoms with Gasteiger partial charge in [0.05, 0.1) is 6.61 Å². The van der Waals surface area contributed by atoms with Gasteiger partial charge >= 0.3 is 0 Å².